The summed E-state index contributed by atoms with van der Waals surface area (Å²) in [5.41, 5.74) is 0.756. The van der Waals surface area contributed by atoms with Gasteiger partial charge in [0.1, 0.15) is 11.6 Å². The monoisotopic (exact) mass is 346 g/mol. The third-order valence-electron chi connectivity index (χ3n) is 3.46. The van der Waals surface area contributed by atoms with Crippen LogP contribution in [-0.4, -0.2) is 44.0 Å². The van der Waals surface area contributed by atoms with Crippen LogP contribution in [0, 0.1) is 5.82 Å². The number of carbonyl (C=O) groups is 1. The largest absolute Gasteiger partial charge is 0.469 e. The lowest BCUT2D eigenvalue weighted by Gasteiger charge is -2.14. The number of nitrogens with one attached hydrogen (secondary N) is 2. The highest BCUT2D eigenvalue weighted by Crippen LogP contribution is 2.04. The number of guanidine groups is 1. The lowest BCUT2D eigenvalue weighted by molar-refractivity contribution is -0.127. The summed E-state index contributed by atoms with van der Waals surface area (Å²) >= 11 is 0. The van der Waals surface area contributed by atoms with E-state index in [2.05, 4.69) is 15.6 Å². The Hall–Kier alpha value is -2.83. The number of amides is 1. The number of carbonyl (C=O) groups excluding carboxylic acids is 1. The van der Waals surface area contributed by atoms with Gasteiger partial charge in [0, 0.05) is 27.1 Å². The molecule has 0 aliphatic carbocycles. The molecule has 0 saturated heterocycles. The molecule has 2 rings (SSSR count). The highest BCUT2D eigenvalue weighted by molar-refractivity contribution is 5.86. The average molecular weight is 346 g/mol. The first-order chi connectivity index (χ1) is 12.0. The van der Waals surface area contributed by atoms with Crippen LogP contribution in [0.5, 0.6) is 0 Å². The quantitative estimate of drug-likeness (QED) is 0.592. The maximum absolute atomic E-state index is 13.3. The highest BCUT2D eigenvalue weighted by atomic mass is 19.1. The summed E-state index contributed by atoms with van der Waals surface area (Å²) in [6, 6.07) is 10.0. The molecule has 0 atom stereocenters. The Kier molecular flexibility index (Phi) is 7.00. The summed E-state index contributed by atoms with van der Waals surface area (Å²) in [6.07, 6.45) is 2.32. The Morgan fingerprint density at radius 1 is 1.24 bits per heavy atom. The number of furan rings is 1. The van der Waals surface area contributed by atoms with Crippen molar-refractivity contribution in [1.82, 2.24) is 15.5 Å². The van der Waals surface area contributed by atoms with Gasteiger partial charge in [-0.25, -0.2) is 9.38 Å². The van der Waals surface area contributed by atoms with Crippen molar-refractivity contribution in [1.29, 1.82) is 0 Å². The second kappa shape index (κ2) is 9.46. The zero-order valence-electron chi connectivity index (χ0n) is 14.5. The molecule has 0 fully saturated rings. The molecule has 0 aliphatic heterocycles. The summed E-state index contributed by atoms with van der Waals surface area (Å²) in [7, 11) is 3.38. The number of aliphatic imine (C=N–C) groups is 1. The maximum Gasteiger partial charge on any atom is 0.241 e. The van der Waals surface area contributed by atoms with E-state index < -0.39 is 0 Å². The minimum atomic E-state index is -0.296. The van der Waals surface area contributed by atoms with Crippen molar-refractivity contribution in [2.24, 2.45) is 4.99 Å². The van der Waals surface area contributed by atoms with Crippen molar-refractivity contribution in [3.63, 3.8) is 0 Å². The highest BCUT2D eigenvalue weighted by Gasteiger charge is 2.06. The van der Waals surface area contributed by atoms with E-state index in [1.54, 1.807) is 32.5 Å². The van der Waals surface area contributed by atoms with E-state index in [4.69, 9.17) is 4.42 Å². The topological polar surface area (TPSA) is 69.9 Å². The van der Waals surface area contributed by atoms with Gasteiger partial charge in [0.15, 0.2) is 5.96 Å². The van der Waals surface area contributed by atoms with Crippen LogP contribution in [0.25, 0.3) is 0 Å². The molecule has 0 aliphatic rings. The van der Waals surface area contributed by atoms with Gasteiger partial charge >= 0.3 is 0 Å². The van der Waals surface area contributed by atoms with Crippen molar-refractivity contribution in [3.05, 3.63) is 59.8 Å². The summed E-state index contributed by atoms with van der Waals surface area (Å²) in [6.45, 7) is 1.03. The molecular formula is C18H23FN4O2. The maximum atomic E-state index is 13.3. The van der Waals surface area contributed by atoms with Crippen molar-refractivity contribution in [2.45, 2.75) is 13.0 Å². The lowest BCUT2D eigenvalue weighted by Crippen LogP contribution is -2.43. The lowest BCUT2D eigenvalue weighted by atomic mass is 10.2. The van der Waals surface area contributed by atoms with Crippen molar-refractivity contribution >= 4 is 11.9 Å². The number of benzene rings is 1. The molecule has 0 radical (unpaired) electrons. The van der Waals surface area contributed by atoms with Gasteiger partial charge in [-0.1, -0.05) is 12.1 Å². The molecule has 0 spiro atoms. The van der Waals surface area contributed by atoms with Gasteiger partial charge in [-0.2, -0.15) is 0 Å². The SMILES string of the molecule is CN(C)C(=O)CNC(=NCc1cccc(F)c1)NCCc1ccco1. The Morgan fingerprint density at radius 2 is 2.08 bits per heavy atom. The summed E-state index contributed by atoms with van der Waals surface area (Å²) in [4.78, 5) is 17.7. The smallest absolute Gasteiger partial charge is 0.241 e. The number of halogens is 1. The molecule has 2 N–H and O–H groups in total. The van der Waals surface area contributed by atoms with E-state index in [1.807, 2.05) is 12.1 Å². The number of nitrogens with zero attached hydrogens (tertiary/aromatic N) is 2. The number of likely N-dealkylation sites (N-methyl/N-ethyl adjacent to an activating group) is 1. The van der Waals surface area contributed by atoms with Gasteiger partial charge in [0.05, 0.1) is 19.4 Å². The second-order valence-corrected chi connectivity index (χ2v) is 5.69. The normalized spacial score (nSPS) is 11.2. The van der Waals surface area contributed by atoms with E-state index in [0.717, 1.165) is 11.3 Å². The molecule has 1 amide bonds. The van der Waals surface area contributed by atoms with Gasteiger partial charge < -0.3 is 20.0 Å². The molecule has 2 aromatic rings. The molecule has 0 bridgehead atoms. The average Bonchev–Trinajstić information content (AvgIpc) is 3.09. The van der Waals surface area contributed by atoms with Gasteiger partial charge in [-0.15, -0.1) is 0 Å². The molecule has 1 aromatic heterocycles. The molecule has 0 unspecified atom stereocenters. The first-order valence-electron chi connectivity index (χ1n) is 8.04. The fraction of sp³-hybridized carbons (Fsp3) is 0.333. The van der Waals surface area contributed by atoms with Crippen molar-refractivity contribution < 1.29 is 13.6 Å². The van der Waals surface area contributed by atoms with E-state index in [-0.39, 0.29) is 18.3 Å². The Labute approximate surface area is 146 Å². The van der Waals surface area contributed by atoms with Gasteiger partial charge in [0.25, 0.3) is 0 Å². The summed E-state index contributed by atoms with van der Waals surface area (Å²) in [5, 5.41) is 6.14. The van der Waals surface area contributed by atoms with Crippen LogP contribution in [0.1, 0.15) is 11.3 Å². The summed E-state index contributed by atoms with van der Waals surface area (Å²) < 4.78 is 18.5. The third kappa shape index (κ3) is 6.66. The first-order valence-corrected chi connectivity index (χ1v) is 8.04. The van der Waals surface area contributed by atoms with E-state index in [9.17, 15) is 9.18 Å². The van der Waals surface area contributed by atoms with Gasteiger partial charge in [-0.3, -0.25) is 4.79 Å². The standard InChI is InChI=1S/C18H23FN4O2/c1-23(2)17(24)13-22-18(20-9-8-16-7-4-10-25-16)21-12-14-5-3-6-15(19)11-14/h3-7,10-11H,8-9,12-13H2,1-2H3,(H2,20,21,22). The zero-order valence-corrected chi connectivity index (χ0v) is 14.5. The van der Waals surface area contributed by atoms with Crippen LogP contribution in [0.3, 0.4) is 0 Å². The minimum Gasteiger partial charge on any atom is -0.469 e. The molecule has 25 heavy (non-hydrogen) atoms. The van der Waals surface area contributed by atoms with Crippen LogP contribution >= 0.6 is 0 Å². The van der Waals surface area contributed by atoms with Crippen LogP contribution in [0.15, 0.2) is 52.1 Å². The molecule has 134 valence electrons. The van der Waals surface area contributed by atoms with E-state index >= 15 is 0 Å². The predicted molar refractivity (Wildman–Crippen MR) is 94.7 cm³/mol. The molecule has 1 aromatic carbocycles. The molecule has 1 heterocycles. The van der Waals surface area contributed by atoms with Gasteiger partial charge in [-0.05, 0) is 29.8 Å². The van der Waals surface area contributed by atoms with E-state index in [0.29, 0.717) is 25.5 Å². The Morgan fingerprint density at radius 3 is 2.76 bits per heavy atom. The number of rotatable bonds is 7. The zero-order chi connectivity index (χ0) is 18.1. The fourth-order valence-corrected chi connectivity index (χ4v) is 2.06. The van der Waals surface area contributed by atoms with Crippen LogP contribution in [0.2, 0.25) is 0 Å². The minimum absolute atomic E-state index is 0.0636. The predicted octanol–water partition coefficient (Wildman–Crippen LogP) is 1.78. The first kappa shape index (κ1) is 18.5. The van der Waals surface area contributed by atoms with Gasteiger partial charge in [0.2, 0.25) is 5.91 Å². The second-order valence-electron chi connectivity index (χ2n) is 5.69. The number of hydrogen-bond acceptors (Lipinski definition) is 3. The van der Waals surface area contributed by atoms with Crippen LogP contribution in [-0.2, 0) is 17.8 Å². The molecule has 6 nitrogen and oxygen atoms in total. The summed E-state index contributed by atoms with van der Waals surface area (Å²) in [5.74, 6) is 0.995. The van der Waals surface area contributed by atoms with Crippen molar-refractivity contribution in [2.75, 3.05) is 27.2 Å². The van der Waals surface area contributed by atoms with E-state index in [1.165, 1.54) is 17.0 Å². The van der Waals surface area contributed by atoms with Crippen molar-refractivity contribution in [3.8, 4) is 0 Å². The van der Waals surface area contributed by atoms with Crippen LogP contribution < -0.4 is 10.6 Å². The number of hydrogen-bond donors (Lipinski definition) is 2. The molecule has 0 saturated carbocycles. The molecule has 7 heteroatoms. The Balaban J connectivity index is 1.94. The van der Waals surface area contributed by atoms with Crippen LogP contribution in [0.4, 0.5) is 4.39 Å². The molecular weight excluding hydrogens is 323 g/mol. The Bertz CT molecular complexity index is 699. The fourth-order valence-electron chi connectivity index (χ4n) is 2.06. The third-order valence-corrected chi connectivity index (χ3v) is 3.46.